The number of carbonyl (C=O) groups is 3. The van der Waals surface area contributed by atoms with Gasteiger partial charge in [0.25, 0.3) is 5.91 Å². The molecular weight excluding hydrogens is 360 g/mol. The number of aromatic carboxylic acids is 1. The second kappa shape index (κ2) is 8.67. The van der Waals surface area contributed by atoms with E-state index in [0.717, 1.165) is 10.6 Å². The van der Waals surface area contributed by atoms with E-state index in [1.54, 1.807) is 20.8 Å². The van der Waals surface area contributed by atoms with Crippen molar-refractivity contribution < 1.29 is 24.2 Å². The predicted molar refractivity (Wildman–Crippen MR) is 105 cm³/mol. The molecule has 0 radical (unpaired) electrons. The Balaban J connectivity index is 2.28. The lowest BCUT2D eigenvalue weighted by atomic mass is 9.97. The predicted octanol–water partition coefficient (Wildman–Crippen LogP) is 2.79. The summed E-state index contributed by atoms with van der Waals surface area (Å²) in [5, 5.41) is 9.83. The van der Waals surface area contributed by atoms with Gasteiger partial charge in [0.2, 0.25) is 0 Å². The van der Waals surface area contributed by atoms with E-state index in [9.17, 15) is 14.4 Å². The molecule has 2 rings (SSSR count). The number of hydrogen-bond acceptors (Lipinski definition) is 5. The first-order valence-electron chi connectivity index (χ1n) is 8.77. The molecule has 2 aromatic rings. The molecule has 0 aliphatic rings. The zero-order chi connectivity index (χ0) is 20.9. The molecular formula is C21H24N2O5. The molecule has 7 nitrogen and oxygen atoms in total. The number of anilines is 1. The fourth-order valence-electron chi connectivity index (χ4n) is 2.55. The Hall–Kier alpha value is -3.19. The van der Waals surface area contributed by atoms with Gasteiger partial charge in [0.15, 0.2) is 0 Å². The van der Waals surface area contributed by atoms with Crippen molar-refractivity contribution in [3.8, 4) is 0 Å². The maximum Gasteiger partial charge on any atom is 0.335 e. The summed E-state index contributed by atoms with van der Waals surface area (Å²) < 4.78 is 5.41. The summed E-state index contributed by atoms with van der Waals surface area (Å²) in [7, 11) is 0. The number of rotatable bonds is 6. The summed E-state index contributed by atoms with van der Waals surface area (Å²) in [6, 6.07) is 14.6. The minimum absolute atomic E-state index is 0.0672. The third-order valence-electron chi connectivity index (χ3n) is 3.90. The molecule has 0 spiro atoms. The molecule has 0 aliphatic heterocycles. The molecule has 1 unspecified atom stereocenters. The van der Waals surface area contributed by atoms with Crippen molar-refractivity contribution >= 4 is 23.5 Å². The molecule has 148 valence electrons. The van der Waals surface area contributed by atoms with E-state index >= 15 is 0 Å². The Morgan fingerprint density at radius 2 is 1.61 bits per heavy atom. The summed E-state index contributed by atoms with van der Waals surface area (Å²) in [5.41, 5.74) is 0.380. The van der Waals surface area contributed by atoms with E-state index in [2.05, 4.69) is 0 Å². The lowest BCUT2D eigenvalue weighted by molar-refractivity contribution is -0.162. The summed E-state index contributed by atoms with van der Waals surface area (Å²) >= 11 is 0. The largest absolute Gasteiger partial charge is 0.478 e. The van der Waals surface area contributed by atoms with Gasteiger partial charge in [-0.25, -0.2) is 15.6 Å². The fraction of sp³-hybridized carbons (Fsp3) is 0.286. The van der Waals surface area contributed by atoms with Crippen LogP contribution in [-0.4, -0.2) is 28.6 Å². The van der Waals surface area contributed by atoms with Crippen molar-refractivity contribution in [1.82, 2.24) is 0 Å². The highest BCUT2D eigenvalue weighted by Crippen LogP contribution is 2.21. The molecule has 28 heavy (non-hydrogen) atoms. The van der Waals surface area contributed by atoms with Crippen molar-refractivity contribution in [2.24, 2.45) is 11.8 Å². The van der Waals surface area contributed by atoms with Crippen molar-refractivity contribution in [3.05, 3.63) is 65.7 Å². The van der Waals surface area contributed by atoms with Gasteiger partial charge in [0.05, 0.1) is 11.3 Å². The topological polar surface area (TPSA) is 110 Å². The zero-order valence-electron chi connectivity index (χ0n) is 16.1. The first-order valence-corrected chi connectivity index (χ1v) is 8.77. The number of carboxylic acids is 1. The van der Waals surface area contributed by atoms with Gasteiger partial charge < -0.3 is 9.84 Å². The Morgan fingerprint density at radius 3 is 2.11 bits per heavy atom. The van der Waals surface area contributed by atoms with Crippen LogP contribution >= 0.6 is 0 Å². The molecule has 3 N–H and O–H groups in total. The molecule has 0 bridgehead atoms. The minimum Gasteiger partial charge on any atom is -0.478 e. The van der Waals surface area contributed by atoms with Gasteiger partial charge >= 0.3 is 11.9 Å². The average Bonchev–Trinajstić information content (AvgIpc) is 2.64. The monoisotopic (exact) mass is 384 g/mol. The van der Waals surface area contributed by atoms with Crippen LogP contribution in [0, 0.1) is 5.92 Å². The number of nitrogens with zero attached hydrogens (tertiary/aromatic N) is 1. The van der Waals surface area contributed by atoms with Gasteiger partial charge in [-0.3, -0.25) is 9.59 Å². The van der Waals surface area contributed by atoms with Crippen LogP contribution in [0.2, 0.25) is 0 Å². The Labute approximate surface area is 163 Å². The lowest BCUT2D eigenvalue weighted by Crippen LogP contribution is -2.46. The Bertz CT molecular complexity index is 841. The quantitative estimate of drug-likeness (QED) is 0.261. The molecule has 7 heteroatoms. The smallest absolute Gasteiger partial charge is 0.335 e. The molecule has 0 heterocycles. The third kappa shape index (κ3) is 5.65. The van der Waals surface area contributed by atoms with Crippen LogP contribution in [0.5, 0.6) is 0 Å². The molecule has 0 aromatic heterocycles. The van der Waals surface area contributed by atoms with Crippen molar-refractivity contribution in [2.45, 2.75) is 32.8 Å². The van der Waals surface area contributed by atoms with Crippen molar-refractivity contribution in [3.63, 3.8) is 0 Å². The van der Waals surface area contributed by atoms with Crippen molar-refractivity contribution in [2.75, 3.05) is 5.01 Å². The van der Waals surface area contributed by atoms with Crippen LogP contribution < -0.4 is 10.9 Å². The number of hydrazine groups is 1. The SMILES string of the molecule is CC(C)(C)OC(=O)C(Cc1ccccc1)C(=O)N(N)c1ccc(C(=O)O)cc1. The van der Waals surface area contributed by atoms with E-state index in [4.69, 9.17) is 15.7 Å². The van der Waals surface area contributed by atoms with Crippen LogP contribution in [0.15, 0.2) is 54.6 Å². The molecule has 1 amide bonds. The Morgan fingerprint density at radius 1 is 1.04 bits per heavy atom. The fourth-order valence-corrected chi connectivity index (χ4v) is 2.55. The van der Waals surface area contributed by atoms with E-state index in [0.29, 0.717) is 0 Å². The normalized spacial score (nSPS) is 12.1. The first kappa shape index (κ1) is 21.1. The number of carbonyl (C=O) groups excluding carboxylic acids is 2. The van der Waals surface area contributed by atoms with E-state index in [-0.39, 0.29) is 17.7 Å². The number of amides is 1. The number of carboxylic acid groups (broad SMARTS) is 1. The van der Waals surface area contributed by atoms with Gasteiger partial charge in [-0.05, 0) is 57.0 Å². The third-order valence-corrected chi connectivity index (χ3v) is 3.90. The molecule has 0 saturated carbocycles. The average molecular weight is 384 g/mol. The highest BCUT2D eigenvalue weighted by atomic mass is 16.6. The van der Waals surface area contributed by atoms with Crippen molar-refractivity contribution in [1.29, 1.82) is 0 Å². The van der Waals surface area contributed by atoms with Gasteiger partial charge in [0.1, 0.15) is 11.5 Å². The maximum absolute atomic E-state index is 13.0. The zero-order valence-corrected chi connectivity index (χ0v) is 16.1. The summed E-state index contributed by atoms with van der Waals surface area (Å²) in [4.78, 5) is 36.6. The number of nitrogens with two attached hydrogens (primary N) is 1. The Kier molecular flexibility index (Phi) is 6.53. The summed E-state index contributed by atoms with van der Waals surface area (Å²) in [6.45, 7) is 5.17. The molecule has 0 fully saturated rings. The number of ether oxygens (including phenoxy) is 1. The van der Waals surface area contributed by atoms with E-state index in [1.165, 1.54) is 24.3 Å². The van der Waals surface area contributed by atoms with Crippen LogP contribution in [0.25, 0.3) is 0 Å². The summed E-state index contributed by atoms with van der Waals surface area (Å²) in [6.07, 6.45) is 0.134. The molecule has 0 aliphatic carbocycles. The van der Waals surface area contributed by atoms with E-state index < -0.39 is 29.4 Å². The van der Waals surface area contributed by atoms with Crippen LogP contribution in [0.4, 0.5) is 5.69 Å². The highest BCUT2D eigenvalue weighted by Gasteiger charge is 2.34. The minimum atomic E-state index is -1.13. The standard InChI is InChI=1S/C21H24N2O5/c1-21(2,3)28-20(27)17(13-14-7-5-4-6-8-14)18(24)23(22)16-11-9-15(10-12-16)19(25)26/h4-12,17H,13,22H2,1-3H3,(H,25,26). The van der Waals surface area contributed by atoms with E-state index in [1.807, 2.05) is 30.3 Å². The van der Waals surface area contributed by atoms with Gasteiger partial charge in [-0.2, -0.15) is 0 Å². The number of hydrogen-bond donors (Lipinski definition) is 2. The van der Waals surface area contributed by atoms with Gasteiger partial charge in [-0.15, -0.1) is 0 Å². The molecule has 0 saturated heterocycles. The van der Waals surface area contributed by atoms with Crippen LogP contribution in [0.3, 0.4) is 0 Å². The summed E-state index contributed by atoms with van der Waals surface area (Å²) in [5.74, 6) is 2.42. The van der Waals surface area contributed by atoms with Gasteiger partial charge in [0, 0.05) is 0 Å². The van der Waals surface area contributed by atoms with Crippen LogP contribution in [-0.2, 0) is 20.7 Å². The second-order valence-corrected chi connectivity index (χ2v) is 7.34. The first-order chi connectivity index (χ1) is 13.1. The molecule has 2 aromatic carbocycles. The van der Waals surface area contributed by atoms with Crippen LogP contribution in [0.1, 0.15) is 36.7 Å². The lowest BCUT2D eigenvalue weighted by Gasteiger charge is -2.26. The maximum atomic E-state index is 13.0. The number of esters is 1. The second-order valence-electron chi connectivity index (χ2n) is 7.34. The highest BCUT2D eigenvalue weighted by molar-refractivity contribution is 6.06. The number of benzene rings is 2. The molecule has 1 atom stereocenters. The van der Waals surface area contributed by atoms with Gasteiger partial charge in [-0.1, -0.05) is 30.3 Å².